The first-order chi connectivity index (χ1) is 16.5. The summed E-state index contributed by atoms with van der Waals surface area (Å²) in [6, 6.07) is 20.2. The molecular weight excluding hydrogens is 434 g/mol. The predicted octanol–water partition coefficient (Wildman–Crippen LogP) is 4.59. The molecule has 34 heavy (non-hydrogen) atoms. The van der Waals surface area contributed by atoms with Gasteiger partial charge in [-0.3, -0.25) is 4.90 Å². The maximum Gasteiger partial charge on any atom is 0.187 e. The molecule has 1 aliphatic carbocycles. The van der Waals surface area contributed by atoms with E-state index in [4.69, 9.17) is 10.7 Å². The van der Waals surface area contributed by atoms with Gasteiger partial charge in [0, 0.05) is 29.8 Å². The van der Waals surface area contributed by atoms with Crippen LogP contribution in [0.15, 0.2) is 60.7 Å². The van der Waals surface area contributed by atoms with E-state index in [0.29, 0.717) is 11.4 Å². The maximum atomic E-state index is 13.4. The molecule has 1 saturated carbocycles. The molecule has 7 heteroatoms. The topological polar surface area (TPSA) is 65.6 Å². The highest BCUT2D eigenvalue weighted by molar-refractivity contribution is 5.84. The van der Waals surface area contributed by atoms with Crippen LogP contribution in [0.4, 0.5) is 14.5 Å². The summed E-state index contributed by atoms with van der Waals surface area (Å²) in [5.74, 6) is 0. The predicted molar refractivity (Wildman–Crippen MR) is 131 cm³/mol. The second-order valence-corrected chi connectivity index (χ2v) is 9.19. The van der Waals surface area contributed by atoms with Crippen LogP contribution >= 0.6 is 0 Å². The number of halogens is 2. The van der Waals surface area contributed by atoms with Crippen LogP contribution < -0.4 is 10.6 Å². The summed E-state index contributed by atoms with van der Waals surface area (Å²) >= 11 is 0. The average Bonchev–Trinajstić information content (AvgIpc) is 2.85. The van der Waals surface area contributed by atoms with Crippen molar-refractivity contribution >= 4 is 5.69 Å². The van der Waals surface area contributed by atoms with Crippen LogP contribution in [0.5, 0.6) is 0 Å². The number of alkyl halides is 2. The Morgan fingerprint density at radius 3 is 2.29 bits per heavy atom. The van der Waals surface area contributed by atoms with Crippen LogP contribution in [0.3, 0.4) is 0 Å². The molecular formula is C27H30F2N4O. The van der Waals surface area contributed by atoms with Crippen molar-refractivity contribution in [3.05, 3.63) is 71.9 Å². The number of rotatable bonds is 7. The van der Waals surface area contributed by atoms with E-state index in [0.717, 1.165) is 47.2 Å². The molecule has 5 rings (SSSR count). The van der Waals surface area contributed by atoms with Gasteiger partial charge in [0.05, 0.1) is 23.6 Å². The number of benzene rings is 2. The molecule has 3 aromatic rings. The van der Waals surface area contributed by atoms with Gasteiger partial charge in [-0.25, -0.2) is 13.8 Å². The zero-order valence-electron chi connectivity index (χ0n) is 19.1. The smallest absolute Gasteiger partial charge is 0.187 e. The number of hydrogen-bond acceptors (Lipinski definition) is 5. The molecule has 178 valence electrons. The lowest BCUT2D eigenvalue weighted by atomic mass is 9.72. The number of aliphatic hydroxyl groups excluding tert-OH is 1. The zero-order valence-corrected chi connectivity index (χ0v) is 19.1. The highest BCUT2D eigenvalue weighted by Gasteiger charge is 2.35. The Hall–Kier alpha value is -2.87. The second kappa shape index (κ2) is 9.41. The minimum atomic E-state index is -1.10. The van der Waals surface area contributed by atoms with Crippen LogP contribution in [0.2, 0.25) is 0 Å². The van der Waals surface area contributed by atoms with Crippen LogP contribution in [0.1, 0.15) is 30.5 Å². The van der Waals surface area contributed by atoms with Gasteiger partial charge in [-0.2, -0.15) is 0 Å². The van der Waals surface area contributed by atoms with Crippen LogP contribution in [0.25, 0.3) is 22.4 Å². The highest BCUT2D eigenvalue weighted by Crippen LogP contribution is 2.41. The molecule has 0 amide bonds. The summed E-state index contributed by atoms with van der Waals surface area (Å²) in [7, 11) is 0. The second-order valence-electron chi connectivity index (χ2n) is 9.19. The minimum absolute atomic E-state index is 0.000508. The fourth-order valence-electron chi connectivity index (χ4n) is 5.00. The van der Waals surface area contributed by atoms with Gasteiger partial charge in [0.2, 0.25) is 0 Å². The summed E-state index contributed by atoms with van der Waals surface area (Å²) in [5.41, 5.74) is 12.4. The Morgan fingerprint density at radius 1 is 0.971 bits per heavy atom. The molecule has 1 unspecified atom stereocenters. The molecule has 0 saturated heterocycles. The Balaban J connectivity index is 1.63. The van der Waals surface area contributed by atoms with Crippen LogP contribution in [0, 0.1) is 0 Å². The first kappa shape index (κ1) is 22.9. The molecule has 1 aromatic heterocycles. The monoisotopic (exact) mass is 464 g/mol. The molecule has 2 aliphatic rings. The number of nitrogens with two attached hydrogens (primary N) is 1. The molecule has 0 bridgehead atoms. The Kier molecular flexibility index (Phi) is 6.34. The van der Waals surface area contributed by atoms with E-state index < -0.39 is 19.7 Å². The number of nitrogens with zero attached hydrogens (tertiary/aromatic N) is 3. The fraction of sp³-hybridized carbons (Fsp3) is 0.370. The van der Waals surface area contributed by atoms with Crippen molar-refractivity contribution in [3.63, 3.8) is 0 Å². The summed E-state index contributed by atoms with van der Waals surface area (Å²) in [6.07, 6.45) is 2.04. The summed E-state index contributed by atoms with van der Waals surface area (Å²) in [4.78, 5) is 8.16. The largest absolute Gasteiger partial charge is 0.361 e. The molecule has 1 atom stereocenters. The first-order valence-corrected chi connectivity index (χ1v) is 11.8. The van der Waals surface area contributed by atoms with E-state index in [9.17, 15) is 13.9 Å². The number of aliphatic hydroxyl groups is 1. The number of fused-ring (bicyclic) bond motifs is 1. The van der Waals surface area contributed by atoms with Gasteiger partial charge in [0.1, 0.15) is 13.3 Å². The Bertz CT molecular complexity index is 1140. The summed E-state index contributed by atoms with van der Waals surface area (Å²) in [6.45, 7) is -0.902. The first-order valence-electron chi connectivity index (χ1n) is 11.8. The number of aromatic nitrogens is 1. The molecule has 2 heterocycles. The molecule has 1 fully saturated rings. The van der Waals surface area contributed by atoms with Crippen molar-refractivity contribution in [1.29, 1.82) is 0 Å². The molecule has 5 nitrogen and oxygen atoms in total. The number of pyridine rings is 1. The van der Waals surface area contributed by atoms with Gasteiger partial charge in [-0.05, 0) is 36.5 Å². The molecule has 1 aliphatic heterocycles. The van der Waals surface area contributed by atoms with E-state index in [2.05, 4.69) is 24.3 Å². The fourth-order valence-corrected chi connectivity index (χ4v) is 5.00. The minimum Gasteiger partial charge on any atom is -0.361 e. The third-order valence-corrected chi connectivity index (χ3v) is 7.11. The Morgan fingerprint density at radius 2 is 1.68 bits per heavy atom. The van der Waals surface area contributed by atoms with Gasteiger partial charge in [-0.15, -0.1) is 0 Å². The lowest BCUT2D eigenvalue weighted by Gasteiger charge is -2.42. The lowest BCUT2D eigenvalue weighted by Crippen LogP contribution is -2.53. The number of hydrogen-bond donors (Lipinski definition) is 2. The van der Waals surface area contributed by atoms with E-state index in [-0.39, 0.29) is 25.2 Å². The molecule has 3 N–H and O–H groups in total. The molecule has 0 spiro atoms. The van der Waals surface area contributed by atoms with Crippen molar-refractivity contribution in [3.8, 4) is 22.4 Å². The third-order valence-electron chi connectivity index (χ3n) is 7.11. The van der Waals surface area contributed by atoms with Crippen LogP contribution in [-0.4, -0.2) is 47.8 Å². The van der Waals surface area contributed by atoms with E-state index >= 15 is 0 Å². The molecule has 2 aromatic carbocycles. The number of anilines is 1. The van der Waals surface area contributed by atoms with Crippen molar-refractivity contribution in [2.24, 2.45) is 5.73 Å². The van der Waals surface area contributed by atoms with Gasteiger partial charge >= 0.3 is 0 Å². The average molecular weight is 465 g/mol. The van der Waals surface area contributed by atoms with Gasteiger partial charge in [0.25, 0.3) is 0 Å². The van der Waals surface area contributed by atoms with Crippen LogP contribution in [-0.2, 0) is 12.1 Å². The van der Waals surface area contributed by atoms with E-state index in [1.807, 2.05) is 36.4 Å². The SMILES string of the molecule is NC1(c2ccc(-c3nc4c(cc3-c3ccccc3)N(CCF)C(O)N(CCF)C4)cc2)CCC1. The standard InChI is InChI=1S/C27H30F2N4O/c28-13-15-32-18-23-24(33(16-14-29)26(32)34)17-22(19-5-2-1-3-6-19)25(31-23)20-7-9-21(10-8-20)27(30)11-4-12-27/h1-3,5-10,17,26,34H,4,11-16,18,30H2. The zero-order chi connectivity index (χ0) is 23.7. The highest BCUT2D eigenvalue weighted by atomic mass is 19.1. The molecule has 0 radical (unpaired) electrons. The third kappa shape index (κ3) is 4.08. The van der Waals surface area contributed by atoms with Crippen molar-refractivity contribution in [2.75, 3.05) is 31.3 Å². The van der Waals surface area contributed by atoms with Gasteiger partial charge in [0.15, 0.2) is 6.35 Å². The van der Waals surface area contributed by atoms with Crippen molar-refractivity contribution in [2.45, 2.75) is 37.7 Å². The van der Waals surface area contributed by atoms with Gasteiger partial charge in [-0.1, -0.05) is 54.6 Å². The van der Waals surface area contributed by atoms with Crippen molar-refractivity contribution < 1.29 is 13.9 Å². The van der Waals surface area contributed by atoms with E-state index in [1.54, 1.807) is 9.80 Å². The summed E-state index contributed by atoms with van der Waals surface area (Å²) < 4.78 is 26.6. The lowest BCUT2D eigenvalue weighted by molar-refractivity contribution is -0.0162. The summed E-state index contributed by atoms with van der Waals surface area (Å²) in [5, 5.41) is 10.8. The maximum absolute atomic E-state index is 13.4. The Labute approximate surface area is 198 Å². The quantitative estimate of drug-likeness (QED) is 0.535. The van der Waals surface area contributed by atoms with Gasteiger partial charge < -0.3 is 15.7 Å². The van der Waals surface area contributed by atoms with E-state index in [1.165, 1.54) is 0 Å². The normalized spacial score (nSPS) is 19.5. The van der Waals surface area contributed by atoms with Crippen molar-refractivity contribution in [1.82, 2.24) is 9.88 Å².